The van der Waals surface area contributed by atoms with E-state index in [0.717, 1.165) is 5.56 Å². The van der Waals surface area contributed by atoms with Crippen LogP contribution in [0, 0.1) is 0 Å². The van der Waals surface area contributed by atoms with Crippen LogP contribution in [0.4, 0.5) is 0 Å². The minimum atomic E-state index is 0.308. The van der Waals surface area contributed by atoms with Crippen molar-refractivity contribution < 1.29 is 14.2 Å². The highest BCUT2D eigenvalue weighted by molar-refractivity contribution is 6.32. The van der Waals surface area contributed by atoms with Gasteiger partial charge in [-0.15, -0.1) is 11.6 Å². The monoisotopic (exact) mass is 326 g/mol. The third-order valence-electron chi connectivity index (χ3n) is 2.88. The van der Waals surface area contributed by atoms with Crippen LogP contribution in [-0.2, 0) is 5.88 Å². The van der Waals surface area contributed by atoms with Crippen LogP contribution in [0.15, 0.2) is 42.5 Å². The molecule has 0 aliphatic heterocycles. The summed E-state index contributed by atoms with van der Waals surface area (Å²) in [6.45, 7) is 0.789. The predicted molar refractivity (Wildman–Crippen MR) is 85.0 cm³/mol. The average Bonchev–Trinajstić information content (AvgIpc) is 2.52. The summed E-state index contributed by atoms with van der Waals surface area (Å²) >= 11 is 11.9. The van der Waals surface area contributed by atoms with Gasteiger partial charge in [-0.3, -0.25) is 0 Å². The molecule has 0 aliphatic rings. The molecule has 0 atom stereocenters. The molecule has 0 amide bonds. The fourth-order valence-corrected chi connectivity index (χ4v) is 2.42. The van der Waals surface area contributed by atoms with E-state index < -0.39 is 0 Å². The van der Waals surface area contributed by atoms with Gasteiger partial charge in [0.05, 0.1) is 13.0 Å². The molecule has 3 nitrogen and oxygen atoms in total. The summed E-state index contributed by atoms with van der Waals surface area (Å²) in [7, 11) is 1.61. The highest BCUT2D eigenvalue weighted by Crippen LogP contribution is 2.28. The Balaban J connectivity index is 1.89. The lowest BCUT2D eigenvalue weighted by atomic mass is 10.2. The summed E-state index contributed by atoms with van der Waals surface area (Å²) in [6, 6.07) is 12.9. The van der Waals surface area contributed by atoms with Crippen LogP contribution in [0.3, 0.4) is 0 Å². The van der Waals surface area contributed by atoms with Crippen molar-refractivity contribution in [3.8, 4) is 17.2 Å². The third kappa shape index (κ3) is 4.19. The van der Waals surface area contributed by atoms with E-state index in [0.29, 0.717) is 41.4 Å². The van der Waals surface area contributed by atoms with E-state index in [2.05, 4.69) is 0 Å². The van der Waals surface area contributed by atoms with Crippen LogP contribution in [-0.4, -0.2) is 20.3 Å². The first-order valence-corrected chi connectivity index (χ1v) is 7.39. The van der Waals surface area contributed by atoms with Crippen LogP contribution in [0.5, 0.6) is 17.2 Å². The lowest BCUT2D eigenvalue weighted by Crippen LogP contribution is -2.10. The Morgan fingerprint density at radius 2 is 1.48 bits per heavy atom. The van der Waals surface area contributed by atoms with Gasteiger partial charge in [-0.2, -0.15) is 0 Å². The molecule has 0 aromatic heterocycles. The van der Waals surface area contributed by atoms with E-state index in [1.165, 1.54) is 0 Å². The maximum absolute atomic E-state index is 6.07. The lowest BCUT2D eigenvalue weighted by molar-refractivity contribution is 0.210. The van der Waals surface area contributed by atoms with Crippen LogP contribution in [0.25, 0.3) is 0 Å². The number of benzene rings is 2. The van der Waals surface area contributed by atoms with Crippen molar-refractivity contribution in [1.29, 1.82) is 0 Å². The predicted octanol–water partition coefficient (Wildman–Crippen LogP) is 4.55. The molecular weight excluding hydrogens is 311 g/mol. The van der Waals surface area contributed by atoms with Gasteiger partial charge in [-0.25, -0.2) is 0 Å². The van der Waals surface area contributed by atoms with Crippen LogP contribution < -0.4 is 14.2 Å². The largest absolute Gasteiger partial charge is 0.493 e. The first-order chi connectivity index (χ1) is 10.3. The molecule has 0 saturated carbocycles. The van der Waals surface area contributed by atoms with Crippen molar-refractivity contribution in [2.24, 2.45) is 0 Å². The number of hydrogen-bond acceptors (Lipinski definition) is 3. The first kappa shape index (κ1) is 15.8. The van der Waals surface area contributed by atoms with Gasteiger partial charge in [0.2, 0.25) is 0 Å². The number of halogens is 2. The molecule has 0 radical (unpaired) electrons. The first-order valence-electron chi connectivity index (χ1n) is 6.48. The summed E-state index contributed by atoms with van der Waals surface area (Å²) in [5.41, 5.74) is 0.790. The molecule has 0 aliphatic carbocycles. The molecule has 0 saturated heterocycles. The Hall–Kier alpha value is -1.58. The van der Waals surface area contributed by atoms with Crippen molar-refractivity contribution in [1.82, 2.24) is 0 Å². The number of methoxy groups -OCH3 is 1. The van der Waals surface area contributed by atoms with E-state index >= 15 is 0 Å². The topological polar surface area (TPSA) is 27.7 Å². The Labute approximate surface area is 134 Å². The van der Waals surface area contributed by atoms with Gasteiger partial charge in [0.1, 0.15) is 19.0 Å². The molecule has 0 bridgehead atoms. The average molecular weight is 327 g/mol. The van der Waals surface area contributed by atoms with Crippen molar-refractivity contribution >= 4 is 23.2 Å². The zero-order chi connectivity index (χ0) is 15.1. The fourth-order valence-electron chi connectivity index (χ4n) is 1.85. The molecule has 0 unspecified atom stereocenters. The van der Waals surface area contributed by atoms with E-state index in [1.807, 2.05) is 36.4 Å². The summed E-state index contributed by atoms with van der Waals surface area (Å²) in [6.07, 6.45) is 0. The van der Waals surface area contributed by atoms with Crippen molar-refractivity contribution in [3.63, 3.8) is 0 Å². The summed E-state index contributed by atoms with van der Waals surface area (Å²) < 4.78 is 16.5. The van der Waals surface area contributed by atoms with Gasteiger partial charge in [0.15, 0.2) is 11.5 Å². The molecular formula is C16H16Cl2O3. The second-order valence-corrected chi connectivity index (χ2v) is 4.87. The highest BCUT2D eigenvalue weighted by Gasteiger charge is 2.07. The van der Waals surface area contributed by atoms with Crippen LogP contribution in [0.2, 0.25) is 5.02 Å². The van der Waals surface area contributed by atoms with E-state index in [-0.39, 0.29) is 0 Å². The smallest absolute Gasteiger partial charge is 0.161 e. The molecule has 2 rings (SSSR count). The molecule has 21 heavy (non-hydrogen) atoms. The molecule has 0 heterocycles. The van der Waals surface area contributed by atoms with E-state index in [1.54, 1.807) is 13.2 Å². The SMILES string of the molecule is COc1ccccc1OCCOc1cccc(Cl)c1CCl. The third-order valence-corrected chi connectivity index (χ3v) is 3.50. The Bertz CT molecular complexity index is 587. The van der Waals surface area contributed by atoms with Gasteiger partial charge >= 0.3 is 0 Å². The zero-order valence-electron chi connectivity index (χ0n) is 11.6. The molecule has 0 spiro atoms. The molecule has 2 aromatic carbocycles. The van der Waals surface area contributed by atoms with Crippen molar-refractivity contribution in [2.45, 2.75) is 5.88 Å². The number of rotatable bonds is 7. The van der Waals surface area contributed by atoms with E-state index in [4.69, 9.17) is 37.4 Å². The molecule has 112 valence electrons. The fraction of sp³-hybridized carbons (Fsp3) is 0.250. The summed E-state index contributed by atoms with van der Waals surface area (Å²) in [5.74, 6) is 2.37. The molecule has 5 heteroatoms. The molecule has 0 N–H and O–H groups in total. The Kier molecular flexibility index (Phi) is 6.03. The Morgan fingerprint density at radius 3 is 2.14 bits per heavy atom. The standard InChI is InChI=1S/C16H16Cl2O3/c1-19-15-6-2-3-7-16(15)21-10-9-20-14-8-4-5-13(18)12(14)11-17/h2-8H,9-11H2,1H3. The Morgan fingerprint density at radius 1 is 0.857 bits per heavy atom. The van der Waals surface area contributed by atoms with Crippen LogP contribution >= 0.6 is 23.2 Å². The second-order valence-electron chi connectivity index (χ2n) is 4.20. The van der Waals surface area contributed by atoms with Gasteiger partial charge in [0.25, 0.3) is 0 Å². The summed E-state index contributed by atoms with van der Waals surface area (Å²) in [4.78, 5) is 0. The van der Waals surface area contributed by atoms with E-state index in [9.17, 15) is 0 Å². The molecule has 0 fully saturated rings. The maximum Gasteiger partial charge on any atom is 0.161 e. The van der Waals surface area contributed by atoms with Gasteiger partial charge in [-0.05, 0) is 24.3 Å². The minimum absolute atomic E-state index is 0.308. The number of hydrogen-bond donors (Lipinski definition) is 0. The second kappa shape index (κ2) is 8.01. The maximum atomic E-state index is 6.07. The van der Waals surface area contributed by atoms with Crippen LogP contribution in [0.1, 0.15) is 5.56 Å². The number of alkyl halides is 1. The normalized spacial score (nSPS) is 10.2. The van der Waals surface area contributed by atoms with Crippen molar-refractivity contribution in [3.05, 3.63) is 53.1 Å². The van der Waals surface area contributed by atoms with Crippen molar-refractivity contribution in [2.75, 3.05) is 20.3 Å². The van der Waals surface area contributed by atoms with Gasteiger partial charge < -0.3 is 14.2 Å². The number of para-hydroxylation sites is 2. The van der Waals surface area contributed by atoms with Gasteiger partial charge in [0, 0.05) is 10.6 Å². The summed E-state index contributed by atoms with van der Waals surface area (Å²) in [5, 5.41) is 0.605. The molecule has 2 aromatic rings. The zero-order valence-corrected chi connectivity index (χ0v) is 13.2. The quantitative estimate of drug-likeness (QED) is 0.552. The van der Waals surface area contributed by atoms with Gasteiger partial charge in [-0.1, -0.05) is 29.8 Å². The number of ether oxygens (including phenoxy) is 3. The highest BCUT2D eigenvalue weighted by atomic mass is 35.5. The minimum Gasteiger partial charge on any atom is -0.493 e. The lowest BCUT2D eigenvalue weighted by Gasteiger charge is -2.13.